The molecule has 0 aliphatic heterocycles. The minimum Gasteiger partial charge on any atom is -0.495 e. The molecule has 7 nitrogen and oxygen atoms in total. The van der Waals surface area contributed by atoms with Crippen LogP contribution in [0.1, 0.15) is 13.8 Å². The Morgan fingerprint density at radius 2 is 1.96 bits per heavy atom. The molecule has 0 aliphatic carbocycles. The van der Waals surface area contributed by atoms with E-state index in [0.717, 1.165) is 0 Å². The predicted molar refractivity (Wildman–Crippen MR) is 87.3 cm³/mol. The van der Waals surface area contributed by atoms with Crippen molar-refractivity contribution in [3.05, 3.63) is 23.2 Å². The van der Waals surface area contributed by atoms with E-state index in [9.17, 15) is 13.2 Å². The second-order valence-electron chi connectivity index (χ2n) is 5.00. The topological polar surface area (TPSA) is 93.7 Å². The van der Waals surface area contributed by atoms with Gasteiger partial charge in [-0.15, -0.1) is 0 Å². The molecule has 130 valence electrons. The Balaban J connectivity index is 2.81. The molecule has 1 rings (SSSR count). The van der Waals surface area contributed by atoms with Crippen molar-refractivity contribution in [2.45, 2.75) is 30.8 Å². The molecule has 0 heterocycles. The molecule has 0 aromatic heterocycles. The third kappa shape index (κ3) is 5.65. The van der Waals surface area contributed by atoms with Crippen LogP contribution >= 0.6 is 11.6 Å². The fourth-order valence-corrected chi connectivity index (χ4v) is 3.38. The van der Waals surface area contributed by atoms with Crippen molar-refractivity contribution in [3.63, 3.8) is 0 Å². The number of hydrogen-bond donors (Lipinski definition) is 2. The maximum absolute atomic E-state index is 12.3. The van der Waals surface area contributed by atoms with Gasteiger partial charge in [0.15, 0.2) is 0 Å². The lowest BCUT2D eigenvalue weighted by atomic mass is 10.3. The first kappa shape index (κ1) is 19.7. The van der Waals surface area contributed by atoms with E-state index in [0.29, 0.717) is 12.4 Å². The Hall–Kier alpha value is -1.35. The molecule has 1 aromatic rings. The summed E-state index contributed by atoms with van der Waals surface area (Å²) in [7, 11) is -0.934. The smallest absolute Gasteiger partial charge is 0.241 e. The van der Waals surface area contributed by atoms with Crippen LogP contribution < -0.4 is 14.8 Å². The van der Waals surface area contributed by atoms with Gasteiger partial charge in [0.25, 0.3) is 0 Å². The summed E-state index contributed by atoms with van der Waals surface area (Å²) in [6.07, 6.45) is 0. The maximum atomic E-state index is 12.3. The Bertz CT molecular complexity index is 651. The van der Waals surface area contributed by atoms with Crippen LogP contribution in [0, 0.1) is 0 Å². The van der Waals surface area contributed by atoms with Gasteiger partial charge >= 0.3 is 0 Å². The van der Waals surface area contributed by atoms with Gasteiger partial charge < -0.3 is 14.8 Å². The summed E-state index contributed by atoms with van der Waals surface area (Å²) >= 11 is 5.93. The molecule has 0 fully saturated rings. The summed E-state index contributed by atoms with van der Waals surface area (Å²) < 4.78 is 36.8. The Morgan fingerprint density at radius 1 is 1.30 bits per heavy atom. The molecule has 0 bridgehead atoms. The lowest BCUT2D eigenvalue weighted by Crippen LogP contribution is -2.48. The van der Waals surface area contributed by atoms with Crippen molar-refractivity contribution in [2.75, 3.05) is 20.8 Å². The Kier molecular flexibility index (Phi) is 7.27. The quantitative estimate of drug-likeness (QED) is 0.722. The maximum Gasteiger partial charge on any atom is 0.241 e. The summed E-state index contributed by atoms with van der Waals surface area (Å²) in [4.78, 5) is 11.9. The van der Waals surface area contributed by atoms with Gasteiger partial charge in [-0.25, -0.2) is 8.42 Å². The van der Waals surface area contributed by atoms with Gasteiger partial charge in [0.1, 0.15) is 5.75 Å². The highest BCUT2D eigenvalue weighted by Crippen LogP contribution is 2.26. The molecule has 1 aromatic carbocycles. The minimum atomic E-state index is -3.88. The highest BCUT2D eigenvalue weighted by atomic mass is 35.5. The average molecular weight is 365 g/mol. The van der Waals surface area contributed by atoms with Gasteiger partial charge in [-0.3, -0.25) is 4.79 Å². The third-order valence-corrected chi connectivity index (χ3v) is 4.80. The summed E-state index contributed by atoms with van der Waals surface area (Å²) in [5, 5.41) is 2.82. The van der Waals surface area contributed by atoms with E-state index in [1.807, 2.05) is 0 Å². The summed E-state index contributed by atoms with van der Waals surface area (Å²) in [5.41, 5.74) is 0. The van der Waals surface area contributed by atoms with Crippen molar-refractivity contribution in [1.29, 1.82) is 0 Å². The van der Waals surface area contributed by atoms with Crippen LogP contribution in [0.2, 0.25) is 5.02 Å². The summed E-state index contributed by atoms with van der Waals surface area (Å²) in [6.45, 7) is 3.54. The lowest BCUT2D eigenvalue weighted by Gasteiger charge is -2.18. The number of halogens is 1. The van der Waals surface area contributed by atoms with Crippen LogP contribution in [0.5, 0.6) is 5.75 Å². The van der Waals surface area contributed by atoms with E-state index >= 15 is 0 Å². The van der Waals surface area contributed by atoms with Gasteiger partial charge in [-0.05, 0) is 32.0 Å². The van der Waals surface area contributed by atoms with E-state index in [-0.39, 0.29) is 16.0 Å². The van der Waals surface area contributed by atoms with E-state index in [2.05, 4.69) is 10.0 Å². The van der Waals surface area contributed by atoms with Crippen LogP contribution in [0.15, 0.2) is 23.1 Å². The number of methoxy groups -OCH3 is 2. The first-order valence-corrected chi connectivity index (χ1v) is 8.72. The first-order chi connectivity index (χ1) is 10.7. The number of carbonyl (C=O) groups is 1. The van der Waals surface area contributed by atoms with Crippen molar-refractivity contribution < 1.29 is 22.7 Å². The number of carbonyl (C=O) groups excluding carboxylic acids is 1. The molecule has 9 heteroatoms. The average Bonchev–Trinajstić information content (AvgIpc) is 2.46. The standard InChI is InChI=1S/C14H21ClN2O5S/c1-9(8-21-3)16-14(18)10(2)17-23(19,20)11-5-6-13(22-4)12(15)7-11/h5-7,9-10,17H,8H2,1-4H3,(H,16,18)/t9-,10-/m1/s1. The molecular formula is C14H21ClN2O5S. The zero-order valence-electron chi connectivity index (χ0n) is 13.4. The minimum absolute atomic E-state index is 0.0483. The normalized spacial score (nSPS) is 14.1. The number of hydrogen-bond acceptors (Lipinski definition) is 5. The van der Waals surface area contributed by atoms with Crippen molar-refractivity contribution in [3.8, 4) is 5.75 Å². The highest BCUT2D eigenvalue weighted by Gasteiger charge is 2.23. The fourth-order valence-electron chi connectivity index (χ4n) is 1.83. The van der Waals surface area contributed by atoms with Crippen LogP contribution in [-0.2, 0) is 19.6 Å². The molecule has 0 aliphatic rings. The Morgan fingerprint density at radius 3 is 2.48 bits per heavy atom. The van der Waals surface area contributed by atoms with Gasteiger partial charge in [-0.1, -0.05) is 11.6 Å². The molecule has 2 N–H and O–H groups in total. The number of rotatable bonds is 8. The molecule has 0 radical (unpaired) electrons. The SMILES string of the molecule is COC[C@@H](C)NC(=O)[C@@H](C)NS(=O)(=O)c1ccc(OC)c(Cl)c1. The van der Waals surface area contributed by atoms with Crippen LogP contribution in [-0.4, -0.2) is 47.2 Å². The molecule has 0 saturated heterocycles. The zero-order chi connectivity index (χ0) is 17.6. The van der Waals surface area contributed by atoms with E-state index in [1.165, 1.54) is 39.3 Å². The van der Waals surface area contributed by atoms with Crippen molar-refractivity contribution in [2.24, 2.45) is 0 Å². The van der Waals surface area contributed by atoms with Crippen LogP contribution in [0.25, 0.3) is 0 Å². The molecule has 23 heavy (non-hydrogen) atoms. The number of amides is 1. The van der Waals surface area contributed by atoms with Crippen LogP contribution in [0.3, 0.4) is 0 Å². The van der Waals surface area contributed by atoms with E-state index < -0.39 is 22.0 Å². The number of nitrogens with one attached hydrogen (secondary N) is 2. The number of ether oxygens (including phenoxy) is 2. The zero-order valence-corrected chi connectivity index (χ0v) is 15.0. The van der Waals surface area contributed by atoms with Crippen molar-refractivity contribution in [1.82, 2.24) is 10.0 Å². The van der Waals surface area contributed by atoms with Crippen molar-refractivity contribution >= 4 is 27.5 Å². The van der Waals surface area contributed by atoms with E-state index in [4.69, 9.17) is 21.1 Å². The van der Waals surface area contributed by atoms with Gasteiger partial charge in [-0.2, -0.15) is 4.72 Å². The molecular weight excluding hydrogens is 344 g/mol. The molecule has 0 unspecified atom stereocenters. The molecule has 2 atom stereocenters. The molecule has 1 amide bonds. The van der Waals surface area contributed by atoms with E-state index in [1.54, 1.807) is 6.92 Å². The summed E-state index contributed by atoms with van der Waals surface area (Å²) in [5.74, 6) is -0.0810. The third-order valence-electron chi connectivity index (χ3n) is 2.96. The van der Waals surface area contributed by atoms with Gasteiger partial charge in [0, 0.05) is 13.2 Å². The predicted octanol–water partition coefficient (Wildman–Crippen LogP) is 1.17. The first-order valence-electron chi connectivity index (χ1n) is 6.86. The largest absolute Gasteiger partial charge is 0.495 e. The lowest BCUT2D eigenvalue weighted by molar-refractivity contribution is -0.123. The highest BCUT2D eigenvalue weighted by molar-refractivity contribution is 7.89. The van der Waals surface area contributed by atoms with Gasteiger partial charge in [0.05, 0.1) is 29.7 Å². The monoisotopic (exact) mass is 364 g/mol. The fraction of sp³-hybridized carbons (Fsp3) is 0.500. The van der Waals surface area contributed by atoms with Gasteiger partial charge in [0.2, 0.25) is 15.9 Å². The second-order valence-corrected chi connectivity index (χ2v) is 7.13. The second kappa shape index (κ2) is 8.49. The molecule has 0 spiro atoms. The summed E-state index contributed by atoms with van der Waals surface area (Å²) in [6, 6.07) is 2.89. The van der Waals surface area contributed by atoms with Crippen LogP contribution in [0.4, 0.5) is 0 Å². The molecule has 0 saturated carbocycles. The number of benzene rings is 1. The number of sulfonamides is 1. The Labute approximate surface area is 141 Å².